The lowest BCUT2D eigenvalue weighted by atomic mass is 10.0. The molecule has 0 bridgehead atoms. The quantitative estimate of drug-likeness (QED) is 0.770. The summed E-state index contributed by atoms with van der Waals surface area (Å²) in [4.78, 5) is 18.3. The topological polar surface area (TPSA) is 53.4 Å². The summed E-state index contributed by atoms with van der Waals surface area (Å²) < 4.78 is 1.09. The molecule has 0 spiro atoms. The molecule has 7 heteroatoms. The molecule has 0 fully saturated rings. The Balaban J connectivity index is 2.24. The van der Waals surface area contributed by atoms with Gasteiger partial charge >= 0.3 is 5.97 Å². The van der Waals surface area contributed by atoms with E-state index < -0.39 is 5.97 Å². The number of anilines is 1. The van der Waals surface area contributed by atoms with Crippen LogP contribution in [-0.2, 0) is 6.54 Å². The first-order valence-corrected chi connectivity index (χ1v) is 9.09. The summed E-state index contributed by atoms with van der Waals surface area (Å²) >= 11 is 6.35. The smallest absolute Gasteiger partial charge is 0.347 e. The van der Waals surface area contributed by atoms with Crippen LogP contribution in [0.3, 0.4) is 0 Å². The predicted octanol–water partition coefficient (Wildman–Crippen LogP) is 4.82. The molecular weight excluding hydrogens is 372 g/mol. The second-order valence-corrected chi connectivity index (χ2v) is 8.21. The van der Waals surface area contributed by atoms with E-state index in [-0.39, 0.29) is 5.92 Å². The van der Waals surface area contributed by atoms with Gasteiger partial charge in [-0.2, -0.15) is 0 Å². The van der Waals surface area contributed by atoms with Crippen LogP contribution in [0.4, 0.5) is 5.13 Å². The number of thiophene rings is 1. The second kappa shape index (κ2) is 6.89. The van der Waals surface area contributed by atoms with Crippen molar-refractivity contribution in [3.63, 3.8) is 0 Å². The summed E-state index contributed by atoms with van der Waals surface area (Å²) in [6, 6.07) is 2.07. The maximum atomic E-state index is 11.4. The number of rotatable bonds is 6. The van der Waals surface area contributed by atoms with Gasteiger partial charge in [-0.15, -0.1) is 11.3 Å². The maximum Gasteiger partial charge on any atom is 0.347 e. The van der Waals surface area contributed by atoms with E-state index in [4.69, 9.17) is 0 Å². The largest absolute Gasteiger partial charge is 0.477 e. The Bertz CT molecular complexity index is 639. The Labute approximate surface area is 140 Å². The molecule has 0 amide bonds. The summed E-state index contributed by atoms with van der Waals surface area (Å²) in [7, 11) is 1.94. The lowest BCUT2D eigenvalue weighted by molar-refractivity contribution is 0.0700. The normalized spacial score (nSPS) is 12.4. The van der Waals surface area contributed by atoms with E-state index in [2.05, 4.69) is 32.4 Å². The Morgan fingerprint density at radius 3 is 2.81 bits per heavy atom. The van der Waals surface area contributed by atoms with Crippen LogP contribution in [0.1, 0.15) is 47.1 Å². The van der Waals surface area contributed by atoms with Gasteiger partial charge in [0.15, 0.2) is 5.13 Å². The molecule has 1 unspecified atom stereocenters. The van der Waals surface area contributed by atoms with Crippen LogP contribution in [0.2, 0.25) is 0 Å². The van der Waals surface area contributed by atoms with Crippen molar-refractivity contribution >= 4 is 49.7 Å². The van der Waals surface area contributed by atoms with E-state index in [1.807, 2.05) is 25.8 Å². The van der Waals surface area contributed by atoms with Crippen molar-refractivity contribution in [2.45, 2.75) is 32.7 Å². The fourth-order valence-electron chi connectivity index (χ4n) is 1.93. The number of hydrogen-bond donors (Lipinski definition) is 1. The highest BCUT2D eigenvalue weighted by Crippen LogP contribution is 2.32. The second-order valence-electron chi connectivity index (χ2n) is 4.94. The molecule has 21 heavy (non-hydrogen) atoms. The zero-order valence-corrected chi connectivity index (χ0v) is 15.3. The monoisotopic (exact) mass is 388 g/mol. The fraction of sp³-hybridized carbons (Fsp3) is 0.429. The first kappa shape index (κ1) is 16.5. The SMILES string of the molecule is CCC(C)c1nc(N(C)Cc2csc(Br)c2)sc1C(=O)O. The minimum Gasteiger partial charge on any atom is -0.477 e. The fourth-order valence-corrected chi connectivity index (χ4v) is 4.12. The van der Waals surface area contributed by atoms with Gasteiger partial charge in [-0.3, -0.25) is 0 Å². The van der Waals surface area contributed by atoms with E-state index in [1.165, 1.54) is 16.9 Å². The third-order valence-corrected chi connectivity index (χ3v) is 6.01. The van der Waals surface area contributed by atoms with Crippen molar-refractivity contribution < 1.29 is 9.90 Å². The molecule has 0 saturated heterocycles. The Hall–Kier alpha value is -0.920. The number of halogens is 1. The van der Waals surface area contributed by atoms with Crippen molar-refractivity contribution in [2.75, 3.05) is 11.9 Å². The van der Waals surface area contributed by atoms with E-state index in [0.29, 0.717) is 17.1 Å². The van der Waals surface area contributed by atoms with Crippen molar-refractivity contribution in [1.29, 1.82) is 0 Å². The van der Waals surface area contributed by atoms with E-state index in [9.17, 15) is 9.90 Å². The minimum atomic E-state index is -0.888. The summed E-state index contributed by atoms with van der Waals surface area (Å²) in [5.74, 6) is -0.731. The standard InChI is InChI=1S/C14H17BrN2O2S2/c1-4-8(2)11-12(13(18)19)21-14(16-11)17(3)6-9-5-10(15)20-7-9/h5,7-8H,4,6H2,1-3H3,(H,18,19). The molecule has 1 N–H and O–H groups in total. The van der Waals surface area contributed by atoms with Gasteiger partial charge in [-0.25, -0.2) is 9.78 Å². The zero-order chi connectivity index (χ0) is 15.6. The molecule has 1 atom stereocenters. The van der Waals surface area contributed by atoms with Crippen LogP contribution < -0.4 is 4.90 Å². The molecular formula is C14H17BrN2O2S2. The molecule has 2 heterocycles. The Morgan fingerprint density at radius 2 is 2.29 bits per heavy atom. The number of aromatic carboxylic acids is 1. The number of carboxylic acids is 1. The third kappa shape index (κ3) is 3.84. The molecule has 0 aliphatic heterocycles. The highest BCUT2D eigenvalue weighted by Gasteiger charge is 2.22. The van der Waals surface area contributed by atoms with Crippen molar-refractivity contribution in [2.24, 2.45) is 0 Å². The molecule has 4 nitrogen and oxygen atoms in total. The van der Waals surface area contributed by atoms with Crippen LogP contribution in [0.25, 0.3) is 0 Å². The number of hydrogen-bond acceptors (Lipinski definition) is 5. The van der Waals surface area contributed by atoms with Crippen LogP contribution in [-0.4, -0.2) is 23.1 Å². The van der Waals surface area contributed by atoms with Gasteiger partial charge in [0.25, 0.3) is 0 Å². The predicted molar refractivity (Wildman–Crippen MR) is 91.9 cm³/mol. The molecule has 0 aliphatic rings. The van der Waals surface area contributed by atoms with Crippen molar-refractivity contribution in [3.05, 3.63) is 31.4 Å². The van der Waals surface area contributed by atoms with Gasteiger partial charge in [0, 0.05) is 13.6 Å². The van der Waals surface area contributed by atoms with E-state index >= 15 is 0 Å². The first-order chi connectivity index (χ1) is 9.92. The molecule has 2 aromatic rings. The van der Waals surface area contributed by atoms with Gasteiger partial charge < -0.3 is 10.0 Å². The average molecular weight is 389 g/mol. The lowest BCUT2D eigenvalue weighted by Gasteiger charge is -2.14. The van der Waals surface area contributed by atoms with E-state index in [1.54, 1.807) is 11.3 Å². The molecule has 0 aliphatic carbocycles. The number of thiazole rings is 1. The molecule has 0 aromatic carbocycles. The molecule has 0 saturated carbocycles. The van der Waals surface area contributed by atoms with Gasteiger partial charge in [-0.05, 0) is 45.3 Å². The number of aromatic nitrogens is 1. The number of carbonyl (C=O) groups is 1. The highest BCUT2D eigenvalue weighted by molar-refractivity contribution is 9.11. The minimum absolute atomic E-state index is 0.157. The Morgan fingerprint density at radius 1 is 1.57 bits per heavy atom. The van der Waals surface area contributed by atoms with Crippen LogP contribution >= 0.6 is 38.6 Å². The van der Waals surface area contributed by atoms with Gasteiger partial charge in [-0.1, -0.05) is 25.2 Å². The molecule has 2 aromatic heterocycles. The molecule has 2 rings (SSSR count). The first-order valence-electron chi connectivity index (χ1n) is 6.60. The summed E-state index contributed by atoms with van der Waals surface area (Å²) in [6.07, 6.45) is 0.880. The van der Waals surface area contributed by atoms with Gasteiger partial charge in [0.2, 0.25) is 0 Å². The summed E-state index contributed by atoms with van der Waals surface area (Å²) in [5.41, 5.74) is 1.88. The zero-order valence-electron chi connectivity index (χ0n) is 12.1. The third-order valence-electron chi connectivity index (χ3n) is 3.28. The number of nitrogens with zero attached hydrogens (tertiary/aromatic N) is 2. The molecule has 114 valence electrons. The van der Waals surface area contributed by atoms with Crippen LogP contribution in [0, 0.1) is 0 Å². The maximum absolute atomic E-state index is 11.4. The summed E-state index contributed by atoms with van der Waals surface area (Å²) in [6.45, 7) is 4.78. The highest BCUT2D eigenvalue weighted by atomic mass is 79.9. The summed E-state index contributed by atoms with van der Waals surface area (Å²) in [5, 5.41) is 12.2. The van der Waals surface area contributed by atoms with Crippen molar-refractivity contribution in [1.82, 2.24) is 4.98 Å². The van der Waals surface area contributed by atoms with E-state index in [0.717, 1.165) is 15.3 Å². The molecule has 0 radical (unpaired) electrons. The van der Waals surface area contributed by atoms with Gasteiger partial charge in [0.1, 0.15) is 4.88 Å². The lowest BCUT2D eigenvalue weighted by Crippen LogP contribution is -2.15. The van der Waals surface area contributed by atoms with Crippen LogP contribution in [0.5, 0.6) is 0 Å². The number of carboxylic acid groups (broad SMARTS) is 1. The van der Waals surface area contributed by atoms with Crippen LogP contribution in [0.15, 0.2) is 15.2 Å². The van der Waals surface area contributed by atoms with Gasteiger partial charge in [0.05, 0.1) is 9.48 Å². The Kier molecular flexibility index (Phi) is 5.40. The van der Waals surface area contributed by atoms with Crippen molar-refractivity contribution in [3.8, 4) is 0 Å². The average Bonchev–Trinajstić information content (AvgIpc) is 3.04.